The van der Waals surface area contributed by atoms with Crippen molar-refractivity contribution in [2.75, 3.05) is 6.54 Å². The van der Waals surface area contributed by atoms with E-state index in [1.165, 1.54) is 19.1 Å². The maximum atomic E-state index is 12.5. The zero-order valence-corrected chi connectivity index (χ0v) is 19.3. The van der Waals surface area contributed by atoms with Crippen LogP contribution in [0, 0.1) is 22.2 Å². The van der Waals surface area contributed by atoms with E-state index in [1.807, 2.05) is 12.1 Å². The quantitative estimate of drug-likeness (QED) is 0.342. The van der Waals surface area contributed by atoms with E-state index in [9.17, 15) is 9.59 Å². The smallest absolute Gasteiger partial charge is 0.260 e. The van der Waals surface area contributed by atoms with Gasteiger partial charge in [0.15, 0.2) is 0 Å². The van der Waals surface area contributed by atoms with Gasteiger partial charge in [0.2, 0.25) is 5.91 Å². The number of allylic oxidation sites excluding steroid dienone is 1. The summed E-state index contributed by atoms with van der Waals surface area (Å²) in [5.74, 6) is -0.0542. The number of rotatable bonds is 8. The Kier molecular flexibility index (Phi) is 6.65. The molecule has 4 N–H and O–H groups in total. The normalized spacial score (nSPS) is 27.2. The molecule has 0 unspecified atom stereocenters. The van der Waals surface area contributed by atoms with Gasteiger partial charge < -0.3 is 21.4 Å². The van der Waals surface area contributed by atoms with Crippen molar-refractivity contribution < 1.29 is 9.59 Å². The van der Waals surface area contributed by atoms with Crippen LogP contribution in [0.1, 0.15) is 45.6 Å². The molecule has 30 heavy (non-hydrogen) atoms. The van der Waals surface area contributed by atoms with Crippen molar-refractivity contribution in [3.63, 3.8) is 0 Å². The molecule has 2 bridgehead atoms. The lowest BCUT2D eigenvalue weighted by molar-refractivity contribution is -0.124. The van der Waals surface area contributed by atoms with E-state index in [-0.39, 0.29) is 33.8 Å². The van der Waals surface area contributed by atoms with Gasteiger partial charge in [-0.05, 0) is 69.6 Å². The van der Waals surface area contributed by atoms with E-state index in [0.717, 1.165) is 12.0 Å². The molecule has 1 aromatic heterocycles. The van der Waals surface area contributed by atoms with E-state index in [0.29, 0.717) is 18.2 Å². The number of halogens is 1. The van der Waals surface area contributed by atoms with Crippen LogP contribution in [0.3, 0.4) is 0 Å². The van der Waals surface area contributed by atoms with Crippen LogP contribution in [0.2, 0.25) is 0 Å². The lowest BCUT2D eigenvalue weighted by Gasteiger charge is -2.43. The third kappa shape index (κ3) is 4.58. The second-order valence-electron chi connectivity index (χ2n) is 9.18. The molecule has 0 aliphatic heterocycles. The fraction of sp³-hybridized carbons (Fsp3) is 0.545. The van der Waals surface area contributed by atoms with Gasteiger partial charge in [-0.1, -0.05) is 20.8 Å². The minimum absolute atomic E-state index is 0.0951. The largest absolute Gasteiger partial charge is 0.379 e. The van der Waals surface area contributed by atoms with Crippen molar-refractivity contribution in [3.8, 4) is 0 Å². The monoisotopic (exact) mass is 475 g/mol. The van der Waals surface area contributed by atoms with Gasteiger partial charge in [-0.25, -0.2) is 0 Å². The molecule has 2 fully saturated rings. The lowest BCUT2D eigenvalue weighted by Crippen LogP contribution is -2.50. The summed E-state index contributed by atoms with van der Waals surface area (Å²) in [7, 11) is 0. The van der Waals surface area contributed by atoms with Gasteiger partial charge in [0.05, 0.1) is 12.2 Å². The standard InChI is InChI=1S/C22H30BrN5O2/c1-21(2)15-4-7-22(3,10-15)20(21)28-16(11-24)18(23)19(30)27-13-17(29)26-12-14-5-8-25-9-6-14/h5-6,8-9,11,15,20,24,28H,4,7,10,12-13H2,1-3H3,(H,26,29)(H,27,30)/b18-16-,24-11?/t15-,20+,22+/m1/s1. The van der Waals surface area contributed by atoms with Gasteiger partial charge >= 0.3 is 0 Å². The Morgan fingerprint density at radius 2 is 1.97 bits per heavy atom. The third-order valence-corrected chi connectivity index (χ3v) is 7.59. The van der Waals surface area contributed by atoms with Crippen LogP contribution in [-0.2, 0) is 16.1 Å². The number of carbonyl (C=O) groups excluding carboxylic acids is 2. The second kappa shape index (κ2) is 8.88. The van der Waals surface area contributed by atoms with Gasteiger partial charge in [0, 0.05) is 31.2 Å². The Morgan fingerprint density at radius 1 is 1.27 bits per heavy atom. The molecule has 1 aromatic rings. The van der Waals surface area contributed by atoms with Crippen molar-refractivity contribution in [1.29, 1.82) is 5.41 Å². The Balaban J connectivity index is 1.57. The van der Waals surface area contributed by atoms with Crippen LogP contribution in [0.5, 0.6) is 0 Å². The lowest BCUT2D eigenvalue weighted by atomic mass is 9.68. The molecule has 0 spiro atoms. The number of hydrogen-bond donors (Lipinski definition) is 4. The van der Waals surface area contributed by atoms with Crippen LogP contribution in [0.15, 0.2) is 34.7 Å². The second-order valence-corrected chi connectivity index (χ2v) is 9.97. The molecule has 0 aromatic carbocycles. The maximum absolute atomic E-state index is 12.5. The maximum Gasteiger partial charge on any atom is 0.260 e. The summed E-state index contributed by atoms with van der Waals surface area (Å²) in [6.07, 6.45) is 8.06. The first kappa shape index (κ1) is 22.5. The molecule has 0 saturated heterocycles. The average Bonchev–Trinajstić information content (AvgIpc) is 3.21. The van der Waals surface area contributed by atoms with Gasteiger partial charge in [-0.2, -0.15) is 0 Å². The molecule has 2 aliphatic rings. The van der Waals surface area contributed by atoms with Crippen molar-refractivity contribution >= 4 is 34.0 Å². The summed E-state index contributed by atoms with van der Waals surface area (Å²) in [6.45, 7) is 7.06. The van der Waals surface area contributed by atoms with E-state index >= 15 is 0 Å². The molecule has 2 saturated carbocycles. The predicted octanol–water partition coefficient (Wildman–Crippen LogP) is 2.87. The summed E-state index contributed by atoms with van der Waals surface area (Å²) < 4.78 is 0.238. The van der Waals surface area contributed by atoms with Gasteiger partial charge in [0.1, 0.15) is 4.48 Å². The van der Waals surface area contributed by atoms with E-state index in [1.54, 1.807) is 12.4 Å². The van der Waals surface area contributed by atoms with Gasteiger partial charge in [0.25, 0.3) is 5.91 Å². The molecule has 162 valence electrons. The Labute approximate surface area is 186 Å². The van der Waals surface area contributed by atoms with E-state index < -0.39 is 5.91 Å². The fourth-order valence-electron chi connectivity index (χ4n) is 5.11. The summed E-state index contributed by atoms with van der Waals surface area (Å²) >= 11 is 3.33. The van der Waals surface area contributed by atoms with Crippen LogP contribution in [0.4, 0.5) is 0 Å². The van der Waals surface area contributed by atoms with Gasteiger partial charge in [-0.3, -0.25) is 14.6 Å². The van der Waals surface area contributed by atoms with Crippen LogP contribution >= 0.6 is 15.9 Å². The molecule has 3 rings (SSSR count). The van der Waals surface area contributed by atoms with Crippen molar-refractivity contribution in [3.05, 3.63) is 40.3 Å². The SMILES string of the molecule is CC1(C)[C@@H]2CC[C@@](C)(C2)[C@H]1N/C(C=N)=C(\Br)C(=O)NCC(=O)NCc1ccncc1. The number of nitrogens with zero attached hydrogens (tertiary/aromatic N) is 1. The first-order valence-electron chi connectivity index (χ1n) is 10.3. The van der Waals surface area contributed by atoms with Gasteiger partial charge in [-0.15, -0.1) is 0 Å². The summed E-state index contributed by atoms with van der Waals surface area (Å²) in [5.41, 5.74) is 1.64. The number of fused-ring (bicyclic) bond motifs is 2. The molecule has 2 amide bonds. The summed E-state index contributed by atoms with van der Waals surface area (Å²) in [4.78, 5) is 28.5. The zero-order valence-electron chi connectivity index (χ0n) is 17.7. The molecule has 8 heteroatoms. The van der Waals surface area contributed by atoms with Crippen LogP contribution in [0.25, 0.3) is 0 Å². The molecule has 2 aliphatic carbocycles. The Bertz CT molecular complexity index is 850. The van der Waals surface area contributed by atoms with E-state index in [2.05, 4.69) is 57.6 Å². The van der Waals surface area contributed by atoms with Crippen molar-refractivity contribution in [2.24, 2.45) is 16.7 Å². The third-order valence-electron chi connectivity index (χ3n) is 6.80. The number of aromatic nitrogens is 1. The highest BCUT2D eigenvalue weighted by Gasteiger charge is 2.59. The molecular formula is C22H30BrN5O2. The number of hydrogen-bond acceptors (Lipinski definition) is 5. The number of carbonyl (C=O) groups is 2. The topological polar surface area (TPSA) is 107 Å². The molecule has 7 nitrogen and oxygen atoms in total. The molecular weight excluding hydrogens is 446 g/mol. The number of nitrogens with one attached hydrogen (secondary N) is 4. The van der Waals surface area contributed by atoms with E-state index in [4.69, 9.17) is 5.41 Å². The highest BCUT2D eigenvalue weighted by molar-refractivity contribution is 9.12. The first-order valence-corrected chi connectivity index (χ1v) is 11.1. The molecule has 0 radical (unpaired) electrons. The highest BCUT2D eigenvalue weighted by atomic mass is 79.9. The fourth-order valence-corrected chi connectivity index (χ4v) is 5.48. The molecule has 3 atom stereocenters. The number of amides is 2. The number of pyridine rings is 1. The van der Waals surface area contributed by atoms with Crippen LogP contribution in [-0.4, -0.2) is 35.6 Å². The average molecular weight is 476 g/mol. The summed E-state index contributed by atoms with van der Waals surface area (Å²) in [6, 6.07) is 3.82. The van der Waals surface area contributed by atoms with Crippen molar-refractivity contribution in [2.45, 2.75) is 52.6 Å². The van der Waals surface area contributed by atoms with Crippen LogP contribution < -0.4 is 16.0 Å². The Hall–Kier alpha value is -2.22. The minimum Gasteiger partial charge on any atom is -0.379 e. The molecule has 1 heterocycles. The first-order chi connectivity index (χ1) is 14.2. The Morgan fingerprint density at radius 3 is 2.57 bits per heavy atom. The minimum atomic E-state index is -0.425. The van der Waals surface area contributed by atoms with Crippen molar-refractivity contribution in [1.82, 2.24) is 20.9 Å². The predicted molar refractivity (Wildman–Crippen MR) is 120 cm³/mol. The summed E-state index contributed by atoms with van der Waals surface area (Å²) in [5, 5.41) is 16.6. The highest BCUT2D eigenvalue weighted by Crippen LogP contribution is 2.62. The zero-order chi connectivity index (χ0) is 21.9.